The molecule has 0 aromatic heterocycles. The van der Waals surface area contributed by atoms with E-state index in [9.17, 15) is 9.59 Å². The van der Waals surface area contributed by atoms with E-state index in [0.29, 0.717) is 32.8 Å². The van der Waals surface area contributed by atoms with Gasteiger partial charge in [-0.15, -0.1) is 0 Å². The van der Waals surface area contributed by atoms with Crippen molar-refractivity contribution in [1.29, 1.82) is 0 Å². The summed E-state index contributed by atoms with van der Waals surface area (Å²) in [5.41, 5.74) is 0. The predicted molar refractivity (Wildman–Crippen MR) is 61.5 cm³/mol. The number of ether oxygens (including phenoxy) is 2. The monoisotopic (exact) mass is 244 g/mol. The Labute approximate surface area is 101 Å². The standard InChI is InChI=1S/C11H20N2O4/c1-9(12-4-3-10(14)16-2)11(15)13-5-7-17-8-6-13/h9,12H,3-8H2,1-2H3. The molecule has 1 rings (SSSR count). The van der Waals surface area contributed by atoms with E-state index >= 15 is 0 Å². The maximum atomic E-state index is 11.9. The van der Waals surface area contributed by atoms with Crippen LogP contribution >= 0.6 is 0 Å². The average Bonchev–Trinajstić information content (AvgIpc) is 2.38. The zero-order chi connectivity index (χ0) is 12.7. The Hall–Kier alpha value is -1.14. The van der Waals surface area contributed by atoms with Crippen molar-refractivity contribution in [1.82, 2.24) is 10.2 Å². The first kappa shape index (κ1) is 13.9. The van der Waals surface area contributed by atoms with Crippen molar-refractivity contribution in [3.63, 3.8) is 0 Å². The van der Waals surface area contributed by atoms with Gasteiger partial charge in [-0.1, -0.05) is 0 Å². The van der Waals surface area contributed by atoms with E-state index in [4.69, 9.17) is 4.74 Å². The Morgan fingerprint density at radius 2 is 2.06 bits per heavy atom. The van der Waals surface area contributed by atoms with Gasteiger partial charge in [-0.25, -0.2) is 0 Å². The number of amides is 1. The van der Waals surface area contributed by atoms with Gasteiger partial charge >= 0.3 is 5.97 Å². The van der Waals surface area contributed by atoms with Gasteiger partial charge < -0.3 is 19.7 Å². The number of hydrogen-bond donors (Lipinski definition) is 1. The average molecular weight is 244 g/mol. The van der Waals surface area contributed by atoms with Gasteiger partial charge in [-0.05, 0) is 6.92 Å². The van der Waals surface area contributed by atoms with Crippen LogP contribution in [0.25, 0.3) is 0 Å². The lowest BCUT2D eigenvalue weighted by atomic mass is 10.2. The van der Waals surface area contributed by atoms with Crippen LogP contribution in [0, 0.1) is 0 Å². The second-order valence-electron chi connectivity index (χ2n) is 3.94. The molecule has 0 aromatic rings. The summed E-state index contributed by atoms with van der Waals surface area (Å²) in [7, 11) is 1.35. The molecule has 0 bridgehead atoms. The van der Waals surface area contributed by atoms with Crippen molar-refractivity contribution in [2.24, 2.45) is 0 Å². The van der Waals surface area contributed by atoms with Crippen LogP contribution in [0.2, 0.25) is 0 Å². The Morgan fingerprint density at radius 1 is 1.41 bits per heavy atom. The van der Waals surface area contributed by atoms with Crippen molar-refractivity contribution in [2.75, 3.05) is 40.0 Å². The molecule has 98 valence electrons. The van der Waals surface area contributed by atoms with Gasteiger partial charge in [0.2, 0.25) is 5.91 Å². The molecule has 0 radical (unpaired) electrons. The lowest BCUT2D eigenvalue weighted by molar-refractivity contribution is -0.141. The van der Waals surface area contributed by atoms with Gasteiger partial charge in [0.05, 0.1) is 32.8 Å². The number of rotatable bonds is 5. The van der Waals surface area contributed by atoms with E-state index < -0.39 is 0 Å². The van der Waals surface area contributed by atoms with Crippen molar-refractivity contribution < 1.29 is 19.1 Å². The highest BCUT2D eigenvalue weighted by Gasteiger charge is 2.21. The molecule has 6 nitrogen and oxygen atoms in total. The van der Waals surface area contributed by atoms with E-state index in [2.05, 4.69) is 10.1 Å². The molecule has 1 N–H and O–H groups in total. The Balaban J connectivity index is 2.23. The van der Waals surface area contributed by atoms with Crippen LogP contribution in [0.5, 0.6) is 0 Å². The topological polar surface area (TPSA) is 67.9 Å². The van der Waals surface area contributed by atoms with E-state index in [0.717, 1.165) is 0 Å². The minimum absolute atomic E-state index is 0.0539. The molecule has 17 heavy (non-hydrogen) atoms. The highest BCUT2D eigenvalue weighted by atomic mass is 16.5. The Morgan fingerprint density at radius 3 is 2.65 bits per heavy atom. The summed E-state index contributed by atoms with van der Waals surface area (Å²) in [4.78, 5) is 24.6. The highest BCUT2D eigenvalue weighted by Crippen LogP contribution is 2.00. The summed E-state index contributed by atoms with van der Waals surface area (Å²) < 4.78 is 9.70. The minimum Gasteiger partial charge on any atom is -0.469 e. The molecule has 1 aliphatic rings. The molecular formula is C11H20N2O4. The van der Waals surface area contributed by atoms with E-state index in [-0.39, 0.29) is 24.3 Å². The number of methoxy groups -OCH3 is 1. The summed E-state index contributed by atoms with van der Waals surface area (Å²) in [5.74, 6) is -0.221. The normalized spacial score (nSPS) is 17.6. The summed E-state index contributed by atoms with van der Waals surface area (Å²) in [6.45, 7) is 4.73. The molecule has 1 heterocycles. The molecule has 0 aromatic carbocycles. The molecule has 1 aliphatic heterocycles. The molecular weight excluding hydrogens is 224 g/mol. The fraction of sp³-hybridized carbons (Fsp3) is 0.818. The molecule has 0 saturated carbocycles. The molecule has 1 fully saturated rings. The summed E-state index contributed by atoms with van der Waals surface area (Å²) in [6.07, 6.45) is 0.275. The SMILES string of the molecule is COC(=O)CCNC(C)C(=O)N1CCOCC1. The third-order valence-corrected chi connectivity index (χ3v) is 2.70. The van der Waals surface area contributed by atoms with Crippen LogP contribution in [0.1, 0.15) is 13.3 Å². The second kappa shape index (κ2) is 7.24. The van der Waals surface area contributed by atoms with Gasteiger partial charge in [-0.2, -0.15) is 0 Å². The molecule has 1 unspecified atom stereocenters. The molecule has 1 atom stereocenters. The predicted octanol–water partition coefficient (Wildman–Crippen LogP) is -0.614. The molecule has 0 aliphatic carbocycles. The van der Waals surface area contributed by atoms with Crippen LogP contribution in [0.4, 0.5) is 0 Å². The minimum atomic E-state index is -0.280. The first-order chi connectivity index (χ1) is 8.15. The van der Waals surface area contributed by atoms with Crippen LogP contribution in [0.15, 0.2) is 0 Å². The molecule has 1 amide bonds. The van der Waals surface area contributed by atoms with Gasteiger partial charge in [0, 0.05) is 19.6 Å². The molecule has 1 saturated heterocycles. The van der Waals surface area contributed by atoms with Crippen LogP contribution in [-0.4, -0.2) is 62.8 Å². The van der Waals surface area contributed by atoms with Gasteiger partial charge in [0.25, 0.3) is 0 Å². The lowest BCUT2D eigenvalue weighted by Crippen LogP contribution is -2.49. The number of morpholine rings is 1. The zero-order valence-electron chi connectivity index (χ0n) is 10.4. The van der Waals surface area contributed by atoms with Crippen LogP contribution in [-0.2, 0) is 19.1 Å². The molecule has 0 spiro atoms. The first-order valence-electron chi connectivity index (χ1n) is 5.82. The summed E-state index contributed by atoms with van der Waals surface area (Å²) in [5, 5.41) is 3.01. The summed E-state index contributed by atoms with van der Waals surface area (Å²) in [6, 6.07) is -0.280. The number of nitrogens with zero attached hydrogens (tertiary/aromatic N) is 1. The fourth-order valence-corrected chi connectivity index (χ4v) is 1.64. The zero-order valence-corrected chi connectivity index (χ0v) is 10.4. The maximum absolute atomic E-state index is 11.9. The second-order valence-corrected chi connectivity index (χ2v) is 3.94. The highest BCUT2D eigenvalue weighted by molar-refractivity contribution is 5.81. The smallest absolute Gasteiger partial charge is 0.306 e. The third-order valence-electron chi connectivity index (χ3n) is 2.70. The number of hydrogen-bond acceptors (Lipinski definition) is 5. The Bertz CT molecular complexity index is 264. The van der Waals surface area contributed by atoms with Gasteiger partial charge in [0.15, 0.2) is 0 Å². The van der Waals surface area contributed by atoms with Crippen LogP contribution < -0.4 is 5.32 Å². The van der Waals surface area contributed by atoms with Crippen molar-refractivity contribution >= 4 is 11.9 Å². The number of carbonyl (C=O) groups excluding carboxylic acids is 2. The Kier molecular flexibility index (Phi) is 5.93. The van der Waals surface area contributed by atoms with Gasteiger partial charge in [0.1, 0.15) is 0 Å². The number of esters is 1. The lowest BCUT2D eigenvalue weighted by Gasteiger charge is -2.29. The fourth-order valence-electron chi connectivity index (χ4n) is 1.64. The van der Waals surface area contributed by atoms with Crippen molar-refractivity contribution in [2.45, 2.75) is 19.4 Å². The first-order valence-corrected chi connectivity index (χ1v) is 5.82. The van der Waals surface area contributed by atoms with Crippen LogP contribution in [0.3, 0.4) is 0 Å². The largest absolute Gasteiger partial charge is 0.469 e. The van der Waals surface area contributed by atoms with E-state index in [1.807, 2.05) is 0 Å². The summed E-state index contributed by atoms with van der Waals surface area (Å²) >= 11 is 0. The third kappa shape index (κ3) is 4.70. The number of carbonyl (C=O) groups is 2. The molecule has 6 heteroatoms. The quantitative estimate of drug-likeness (QED) is 0.653. The van der Waals surface area contributed by atoms with Crippen molar-refractivity contribution in [3.8, 4) is 0 Å². The number of nitrogens with one attached hydrogen (secondary N) is 1. The van der Waals surface area contributed by atoms with E-state index in [1.54, 1.807) is 11.8 Å². The van der Waals surface area contributed by atoms with E-state index in [1.165, 1.54) is 7.11 Å². The van der Waals surface area contributed by atoms with Crippen molar-refractivity contribution in [3.05, 3.63) is 0 Å². The maximum Gasteiger partial charge on any atom is 0.306 e. The van der Waals surface area contributed by atoms with Gasteiger partial charge in [-0.3, -0.25) is 9.59 Å².